The number of aryl methyl sites for hydroxylation is 1. The van der Waals surface area contributed by atoms with Crippen molar-refractivity contribution in [2.75, 3.05) is 6.54 Å². The van der Waals surface area contributed by atoms with E-state index < -0.39 is 12.1 Å². The first-order valence-electron chi connectivity index (χ1n) is 11.1. The fourth-order valence-electron chi connectivity index (χ4n) is 4.81. The van der Waals surface area contributed by atoms with Crippen LogP contribution in [0.3, 0.4) is 0 Å². The predicted octanol–water partition coefficient (Wildman–Crippen LogP) is 3.21. The van der Waals surface area contributed by atoms with Crippen LogP contribution in [0.5, 0.6) is 0 Å². The van der Waals surface area contributed by atoms with Crippen molar-refractivity contribution in [1.82, 2.24) is 20.5 Å². The van der Waals surface area contributed by atoms with E-state index in [9.17, 15) is 14.4 Å². The van der Waals surface area contributed by atoms with Gasteiger partial charge in [0.1, 0.15) is 6.04 Å². The molecule has 2 aliphatic rings. The minimum atomic E-state index is -0.816. The third-order valence-corrected chi connectivity index (χ3v) is 6.41. The number of aromatic amines is 1. The number of nitrogens with zero attached hydrogens (tertiary/aromatic N) is 1. The lowest BCUT2D eigenvalue weighted by molar-refractivity contribution is -0.131. The number of carbonyl (C=O) groups is 3. The van der Waals surface area contributed by atoms with Gasteiger partial charge in [0.05, 0.1) is 12.5 Å². The molecule has 1 fully saturated rings. The number of nitrogens with one attached hydrogen (secondary N) is 3. The molecule has 3 N–H and O–H groups in total. The molecule has 32 heavy (non-hydrogen) atoms. The SMILES string of the molecule is O=C(C[C@H]1NC(=O)N(CCc2ccccc2)C1=O)N[C@@H]1CCCc2c1[nH]c1ccccc21. The Kier molecular flexibility index (Phi) is 5.39. The van der Waals surface area contributed by atoms with Gasteiger partial charge in [-0.3, -0.25) is 14.5 Å². The summed E-state index contributed by atoms with van der Waals surface area (Å²) in [5.41, 5.74) is 4.44. The molecule has 0 saturated carbocycles. The molecule has 1 aliphatic carbocycles. The molecule has 164 valence electrons. The monoisotopic (exact) mass is 430 g/mol. The van der Waals surface area contributed by atoms with Gasteiger partial charge in [0.25, 0.3) is 5.91 Å². The van der Waals surface area contributed by atoms with Gasteiger partial charge in [-0.2, -0.15) is 0 Å². The molecule has 0 unspecified atom stereocenters. The van der Waals surface area contributed by atoms with Gasteiger partial charge in [-0.05, 0) is 42.9 Å². The molecular formula is C25H26N4O3. The highest BCUT2D eigenvalue weighted by molar-refractivity contribution is 6.05. The molecule has 2 aromatic carbocycles. The summed E-state index contributed by atoms with van der Waals surface area (Å²) in [5, 5.41) is 6.95. The summed E-state index contributed by atoms with van der Waals surface area (Å²) in [5.74, 6) is -0.568. The summed E-state index contributed by atoms with van der Waals surface area (Å²) in [7, 11) is 0. The van der Waals surface area contributed by atoms with Gasteiger partial charge in [-0.15, -0.1) is 0 Å². The highest BCUT2D eigenvalue weighted by Crippen LogP contribution is 2.34. The van der Waals surface area contributed by atoms with Crippen molar-refractivity contribution >= 4 is 28.7 Å². The molecule has 1 aromatic heterocycles. The number of para-hydroxylation sites is 1. The van der Waals surface area contributed by atoms with Gasteiger partial charge in [0.2, 0.25) is 5.91 Å². The second-order valence-corrected chi connectivity index (χ2v) is 8.51. The van der Waals surface area contributed by atoms with Crippen molar-refractivity contribution in [2.45, 2.75) is 44.2 Å². The smallest absolute Gasteiger partial charge is 0.324 e. The van der Waals surface area contributed by atoms with Crippen LogP contribution in [0.2, 0.25) is 0 Å². The number of imide groups is 1. The quantitative estimate of drug-likeness (QED) is 0.524. The Balaban J connectivity index is 1.21. The summed E-state index contributed by atoms with van der Waals surface area (Å²) >= 11 is 0. The standard InChI is InChI=1S/C25H26N4O3/c30-22(26-20-12-6-10-18-17-9-4-5-11-19(17)27-23(18)20)15-21-24(31)29(25(32)28-21)14-13-16-7-2-1-3-8-16/h1-5,7-9,11,20-21,27H,6,10,12-15H2,(H,26,30)(H,28,32)/t20-,21-/m1/s1. The number of amides is 4. The summed E-state index contributed by atoms with van der Waals surface area (Å²) in [6, 6.07) is 16.5. The van der Waals surface area contributed by atoms with Crippen LogP contribution in [0.25, 0.3) is 10.9 Å². The summed E-state index contributed by atoms with van der Waals surface area (Å²) in [4.78, 5) is 42.5. The van der Waals surface area contributed by atoms with Crippen molar-refractivity contribution < 1.29 is 14.4 Å². The number of rotatable bonds is 6. The van der Waals surface area contributed by atoms with Crippen LogP contribution >= 0.6 is 0 Å². The maximum atomic E-state index is 12.8. The van der Waals surface area contributed by atoms with Crippen LogP contribution in [-0.4, -0.2) is 40.3 Å². The van der Waals surface area contributed by atoms with Gasteiger partial charge in [0.15, 0.2) is 0 Å². The fraction of sp³-hybridized carbons (Fsp3) is 0.320. The van der Waals surface area contributed by atoms with Crippen molar-refractivity contribution in [3.8, 4) is 0 Å². The molecule has 5 rings (SSSR count). The highest BCUT2D eigenvalue weighted by Gasteiger charge is 2.39. The van der Waals surface area contributed by atoms with Crippen LogP contribution in [0.4, 0.5) is 4.79 Å². The Bertz CT molecular complexity index is 1170. The summed E-state index contributed by atoms with van der Waals surface area (Å²) in [6.07, 6.45) is 3.35. The first-order valence-corrected chi connectivity index (χ1v) is 11.1. The zero-order chi connectivity index (χ0) is 22.1. The van der Waals surface area contributed by atoms with Gasteiger partial charge in [0, 0.05) is 23.1 Å². The largest absolute Gasteiger partial charge is 0.356 e. The first kappa shape index (κ1) is 20.3. The van der Waals surface area contributed by atoms with E-state index >= 15 is 0 Å². The van der Waals surface area contributed by atoms with Gasteiger partial charge < -0.3 is 15.6 Å². The molecule has 2 atom stereocenters. The number of carbonyl (C=O) groups excluding carboxylic acids is 3. The lowest BCUT2D eigenvalue weighted by atomic mass is 9.91. The van der Waals surface area contributed by atoms with Crippen LogP contribution in [0.15, 0.2) is 54.6 Å². The lowest BCUT2D eigenvalue weighted by Gasteiger charge is -2.24. The van der Waals surface area contributed by atoms with Gasteiger partial charge in [-0.25, -0.2) is 4.79 Å². The van der Waals surface area contributed by atoms with Gasteiger partial charge in [-0.1, -0.05) is 48.5 Å². The predicted molar refractivity (Wildman–Crippen MR) is 121 cm³/mol. The number of aromatic nitrogens is 1. The average molecular weight is 431 g/mol. The molecule has 3 aromatic rings. The van der Waals surface area contributed by atoms with E-state index in [1.165, 1.54) is 15.8 Å². The Morgan fingerprint density at radius 3 is 2.69 bits per heavy atom. The van der Waals surface area contributed by atoms with E-state index in [-0.39, 0.29) is 24.3 Å². The van der Waals surface area contributed by atoms with Crippen molar-refractivity contribution in [3.63, 3.8) is 0 Å². The number of urea groups is 1. The normalized spacial score (nSPS) is 20.3. The summed E-state index contributed by atoms with van der Waals surface area (Å²) in [6.45, 7) is 0.299. The van der Waals surface area contributed by atoms with Crippen molar-refractivity contribution in [3.05, 3.63) is 71.4 Å². The van der Waals surface area contributed by atoms with Crippen LogP contribution < -0.4 is 10.6 Å². The Hall–Kier alpha value is -3.61. The molecular weight excluding hydrogens is 404 g/mol. The maximum absolute atomic E-state index is 12.8. The van der Waals surface area contributed by atoms with Crippen molar-refractivity contribution in [2.24, 2.45) is 0 Å². The molecule has 4 amide bonds. The Morgan fingerprint density at radius 1 is 1.06 bits per heavy atom. The Morgan fingerprint density at radius 2 is 1.84 bits per heavy atom. The molecule has 0 bridgehead atoms. The number of hydrogen-bond acceptors (Lipinski definition) is 3. The molecule has 1 aliphatic heterocycles. The van der Waals surface area contributed by atoms with E-state index in [2.05, 4.69) is 21.7 Å². The topological polar surface area (TPSA) is 94.3 Å². The minimum Gasteiger partial charge on any atom is -0.356 e. The van der Waals surface area contributed by atoms with E-state index in [0.717, 1.165) is 36.0 Å². The van der Waals surface area contributed by atoms with E-state index in [0.29, 0.717) is 13.0 Å². The van der Waals surface area contributed by atoms with E-state index in [4.69, 9.17) is 0 Å². The summed E-state index contributed by atoms with van der Waals surface area (Å²) < 4.78 is 0. The number of fused-ring (bicyclic) bond motifs is 3. The van der Waals surface area contributed by atoms with E-state index in [1.54, 1.807) is 0 Å². The zero-order valence-electron chi connectivity index (χ0n) is 17.8. The van der Waals surface area contributed by atoms with Crippen molar-refractivity contribution in [1.29, 1.82) is 0 Å². The number of H-pyrrole nitrogens is 1. The van der Waals surface area contributed by atoms with Gasteiger partial charge >= 0.3 is 6.03 Å². The van der Waals surface area contributed by atoms with Crippen LogP contribution in [-0.2, 0) is 22.4 Å². The molecule has 1 saturated heterocycles. The highest BCUT2D eigenvalue weighted by atomic mass is 16.2. The molecule has 7 heteroatoms. The zero-order valence-corrected chi connectivity index (χ0v) is 17.8. The third kappa shape index (κ3) is 3.86. The fourth-order valence-corrected chi connectivity index (χ4v) is 4.81. The first-order chi connectivity index (χ1) is 15.6. The molecule has 0 spiro atoms. The average Bonchev–Trinajstić information content (AvgIpc) is 3.31. The number of benzene rings is 2. The minimum absolute atomic E-state index is 0.0571. The van der Waals surface area contributed by atoms with E-state index in [1.807, 2.05) is 48.5 Å². The lowest BCUT2D eigenvalue weighted by Crippen LogP contribution is -2.38. The van der Waals surface area contributed by atoms with Crippen LogP contribution in [0.1, 0.15) is 42.1 Å². The Labute approximate surface area is 186 Å². The molecule has 0 radical (unpaired) electrons. The number of hydrogen-bond donors (Lipinski definition) is 3. The molecule has 2 heterocycles. The second kappa shape index (κ2) is 8.49. The third-order valence-electron chi connectivity index (χ3n) is 6.41. The van der Waals surface area contributed by atoms with Crippen LogP contribution in [0, 0.1) is 0 Å². The second-order valence-electron chi connectivity index (χ2n) is 8.51. The molecule has 7 nitrogen and oxygen atoms in total. The maximum Gasteiger partial charge on any atom is 0.324 e.